The Balaban J connectivity index is 2.34. The third-order valence-corrected chi connectivity index (χ3v) is 5.79. The van der Waals surface area contributed by atoms with Crippen LogP contribution in [0.1, 0.15) is 45.4 Å². The van der Waals surface area contributed by atoms with Crippen molar-refractivity contribution in [3.05, 3.63) is 0 Å². The van der Waals surface area contributed by atoms with Crippen LogP contribution in [0.5, 0.6) is 0 Å². The first kappa shape index (κ1) is 15.9. The zero-order valence-corrected chi connectivity index (χ0v) is 12.3. The summed E-state index contributed by atoms with van der Waals surface area (Å²) >= 11 is 0. The summed E-state index contributed by atoms with van der Waals surface area (Å²) in [7, 11) is -1.12. The van der Waals surface area contributed by atoms with Crippen LogP contribution in [0.3, 0.4) is 0 Å². The number of rotatable bonds is 9. The van der Waals surface area contributed by atoms with Gasteiger partial charge in [0.05, 0.1) is 11.4 Å². The maximum atomic E-state index is 11.4. The van der Waals surface area contributed by atoms with E-state index in [4.69, 9.17) is 10.6 Å². The van der Waals surface area contributed by atoms with Crippen molar-refractivity contribution < 1.29 is 13.2 Å². The fourth-order valence-corrected chi connectivity index (χ4v) is 3.35. The Kier molecular flexibility index (Phi) is 6.04. The zero-order valence-electron chi connectivity index (χ0n) is 11.4. The standard InChI is InChI=1S/C12H26N2O3S/c1-3-18(15,16)9-4-6-11(14-13)10-12(17-2)7-5-8-12/h11,14H,3-10,13H2,1-2H3. The number of sulfone groups is 1. The largest absolute Gasteiger partial charge is 0.378 e. The minimum atomic E-state index is -2.86. The quantitative estimate of drug-likeness (QED) is 0.485. The second kappa shape index (κ2) is 6.84. The molecule has 1 aliphatic rings. The summed E-state index contributed by atoms with van der Waals surface area (Å²) < 4.78 is 28.4. The van der Waals surface area contributed by atoms with Gasteiger partial charge in [0.2, 0.25) is 0 Å². The van der Waals surface area contributed by atoms with Crippen LogP contribution in [-0.2, 0) is 14.6 Å². The molecule has 6 heteroatoms. The number of hydrogen-bond acceptors (Lipinski definition) is 5. The molecule has 0 aromatic heterocycles. The van der Waals surface area contributed by atoms with Crippen molar-refractivity contribution in [2.24, 2.45) is 5.84 Å². The molecule has 0 radical (unpaired) electrons. The predicted octanol–water partition coefficient (Wildman–Crippen LogP) is 0.992. The zero-order chi connectivity index (χ0) is 13.6. The van der Waals surface area contributed by atoms with Crippen molar-refractivity contribution in [3.63, 3.8) is 0 Å². The second-order valence-electron chi connectivity index (χ2n) is 5.19. The third kappa shape index (κ3) is 4.50. The lowest BCUT2D eigenvalue weighted by molar-refractivity contribution is -0.0839. The normalized spacial score (nSPS) is 20.4. The highest BCUT2D eigenvalue weighted by molar-refractivity contribution is 7.91. The number of hydrogen-bond donors (Lipinski definition) is 2. The Morgan fingerprint density at radius 2 is 2.11 bits per heavy atom. The van der Waals surface area contributed by atoms with E-state index in [1.807, 2.05) is 0 Å². The average molecular weight is 278 g/mol. The van der Waals surface area contributed by atoms with Crippen LogP contribution in [-0.4, -0.2) is 38.7 Å². The second-order valence-corrected chi connectivity index (χ2v) is 7.66. The number of hydrazine groups is 1. The smallest absolute Gasteiger partial charge is 0.150 e. The number of nitrogens with two attached hydrogens (primary N) is 1. The average Bonchev–Trinajstić information content (AvgIpc) is 2.31. The molecule has 1 atom stereocenters. The molecular weight excluding hydrogens is 252 g/mol. The van der Waals surface area contributed by atoms with E-state index in [0.29, 0.717) is 6.42 Å². The minimum absolute atomic E-state index is 0.0271. The molecular formula is C12H26N2O3S. The van der Waals surface area contributed by atoms with Crippen molar-refractivity contribution in [2.45, 2.75) is 57.1 Å². The van der Waals surface area contributed by atoms with Crippen LogP contribution in [0.25, 0.3) is 0 Å². The molecule has 1 aliphatic carbocycles. The van der Waals surface area contributed by atoms with Gasteiger partial charge in [-0.25, -0.2) is 8.42 Å². The maximum Gasteiger partial charge on any atom is 0.150 e. The first-order valence-corrected chi connectivity index (χ1v) is 8.51. The van der Waals surface area contributed by atoms with Crippen LogP contribution in [0.4, 0.5) is 0 Å². The summed E-state index contributed by atoms with van der Waals surface area (Å²) in [5.74, 6) is 6.01. The molecule has 108 valence electrons. The Morgan fingerprint density at radius 3 is 2.50 bits per heavy atom. The number of nitrogens with one attached hydrogen (secondary N) is 1. The molecule has 0 aliphatic heterocycles. The van der Waals surface area contributed by atoms with Crippen LogP contribution in [0.15, 0.2) is 0 Å². The first-order chi connectivity index (χ1) is 8.47. The van der Waals surface area contributed by atoms with Crippen molar-refractivity contribution in [1.82, 2.24) is 5.43 Å². The lowest BCUT2D eigenvalue weighted by Crippen LogP contribution is -2.47. The Morgan fingerprint density at radius 1 is 1.44 bits per heavy atom. The van der Waals surface area contributed by atoms with Gasteiger partial charge in [-0.1, -0.05) is 6.92 Å². The maximum absolute atomic E-state index is 11.4. The predicted molar refractivity (Wildman–Crippen MR) is 72.9 cm³/mol. The molecule has 18 heavy (non-hydrogen) atoms. The van der Waals surface area contributed by atoms with E-state index in [2.05, 4.69) is 5.43 Å². The van der Waals surface area contributed by atoms with E-state index in [-0.39, 0.29) is 23.1 Å². The van der Waals surface area contributed by atoms with Crippen LogP contribution < -0.4 is 11.3 Å². The molecule has 0 aromatic rings. The highest BCUT2D eigenvalue weighted by atomic mass is 32.2. The highest BCUT2D eigenvalue weighted by Crippen LogP contribution is 2.39. The van der Waals surface area contributed by atoms with Gasteiger partial charge < -0.3 is 4.74 Å². The summed E-state index contributed by atoms with van der Waals surface area (Å²) in [6.07, 6.45) is 5.66. The molecule has 0 saturated heterocycles. The molecule has 0 spiro atoms. The van der Waals surface area contributed by atoms with E-state index in [0.717, 1.165) is 25.7 Å². The Labute approximate surface area is 110 Å². The first-order valence-electron chi connectivity index (χ1n) is 6.68. The molecule has 1 rings (SSSR count). The van der Waals surface area contributed by atoms with Gasteiger partial charge >= 0.3 is 0 Å². The van der Waals surface area contributed by atoms with Crippen molar-refractivity contribution in [3.8, 4) is 0 Å². The summed E-state index contributed by atoms with van der Waals surface area (Å²) in [5, 5.41) is 0. The van der Waals surface area contributed by atoms with E-state index >= 15 is 0 Å². The lowest BCUT2D eigenvalue weighted by atomic mass is 9.75. The van der Waals surface area contributed by atoms with Crippen molar-refractivity contribution in [1.29, 1.82) is 0 Å². The molecule has 1 saturated carbocycles. The van der Waals surface area contributed by atoms with Gasteiger partial charge in [0.1, 0.15) is 9.84 Å². The molecule has 1 fully saturated rings. The lowest BCUT2D eigenvalue weighted by Gasteiger charge is -2.42. The van der Waals surface area contributed by atoms with Crippen molar-refractivity contribution >= 4 is 9.84 Å². The summed E-state index contributed by atoms with van der Waals surface area (Å²) in [5.41, 5.74) is 2.76. The van der Waals surface area contributed by atoms with E-state index in [1.165, 1.54) is 6.42 Å². The van der Waals surface area contributed by atoms with Crippen LogP contribution >= 0.6 is 0 Å². The molecule has 0 heterocycles. The Bertz CT molecular complexity index is 334. The van der Waals surface area contributed by atoms with Gasteiger partial charge in [0, 0.05) is 18.9 Å². The highest BCUT2D eigenvalue weighted by Gasteiger charge is 2.38. The van der Waals surface area contributed by atoms with E-state index in [9.17, 15) is 8.42 Å². The molecule has 3 N–H and O–H groups in total. The van der Waals surface area contributed by atoms with Crippen molar-refractivity contribution in [2.75, 3.05) is 18.6 Å². The van der Waals surface area contributed by atoms with Gasteiger partial charge in [0.25, 0.3) is 0 Å². The number of ether oxygens (including phenoxy) is 1. The molecule has 5 nitrogen and oxygen atoms in total. The van der Waals surface area contributed by atoms with Gasteiger partial charge in [-0.15, -0.1) is 0 Å². The molecule has 0 amide bonds. The van der Waals surface area contributed by atoms with Crippen LogP contribution in [0, 0.1) is 0 Å². The van der Waals surface area contributed by atoms with E-state index < -0.39 is 9.84 Å². The van der Waals surface area contributed by atoms with Crippen LogP contribution in [0.2, 0.25) is 0 Å². The third-order valence-electron chi connectivity index (χ3n) is 4.00. The van der Waals surface area contributed by atoms with E-state index in [1.54, 1.807) is 14.0 Å². The Hall–Kier alpha value is -0.170. The minimum Gasteiger partial charge on any atom is -0.378 e. The molecule has 1 unspecified atom stereocenters. The number of methoxy groups -OCH3 is 1. The summed E-state index contributed by atoms with van der Waals surface area (Å²) in [6.45, 7) is 1.68. The van der Waals surface area contributed by atoms with Gasteiger partial charge in [-0.3, -0.25) is 11.3 Å². The summed E-state index contributed by atoms with van der Waals surface area (Å²) in [6, 6.07) is 0.136. The van der Waals surface area contributed by atoms with Gasteiger partial charge in [-0.2, -0.15) is 0 Å². The van der Waals surface area contributed by atoms with Gasteiger partial charge in [-0.05, 0) is 38.5 Å². The molecule has 0 aromatic carbocycles. The fraction of sp³-hybridized carbons (Fsp3) is 1.00. The topological polar surface area (TPSA) is 81.4 Å². The monoisotopic (exact) mass is 278 g/mol. The van der Waals surface area contributed by atoms with Gasteiger partial charge in [0.15, 0.2) is 0 Å². The fourth-order valence-electron chi connectivity index (χ4n) is 2.45. The molecule has 0 bridgehead atoms. The summed E-state index contributed by atoms with van der Waals surface area (Å²) in [4.78, 5) is 0. The SMILES string of the molecule is CCS(=O)(=O)CCCC(CC1(OC)CCC1)NN.